The molecule has 0 bridgehead atoms. The first-order valence-electron chi connectivity index (χ1n) is 9.29. The van der Waals surface area contributed by atoms with Crippen molar-refractivity contribution < 1.29 is 9.31 Å². The van der Waals surface area contributed by atoms with E-state index in [1.807, 2.05) is 0 Å². The van der Waals surface area contributed by atoms with E-state index in [4.69, 9.17) is 9.31 Å². The fourth-order valence-corrected chi connectivity index (χ4v) is 3.89. The quantitative estimate of drug-likeness (QED) is 0.448. The number of unbranched alkanes of at least 4 members (excludes halogenated alkanes) is 6. The van der Waals surface area contributed by atoms with Crippen molar-refractivity contribution in [2.24, 2.45) is 0 Å². The smallest absolute Gasteiger partial charge is 0.399 e. The predicted octanol–water partition coefficient (Wildman–Crippen LogP) is 5.34. The van der Waals surface area contributed by atoms with E-state index in [1.165, 1.54) is 55.3 Å². The first-order chi connectivity index (χ1) is 10.9. The van der Waals surface area contributed by atoms with E-state index >= 15 is 0 Å². The molecule has 4 heteroatoms. The van der Waals surface area contributed by atoms with Crippen LogP contribution in [0.25, 0.3) is 0 Å². The Morgan fingerprint density at radius 2 is 1.48 bits per heavy atom. The summed E-state index contributed by atoms with van der Waals surface area (Å²) < 4.78 is 13.7. The van der Waals surface area contributed by atoms with Crippen LogP contribution in [0.3, 0.4) is 0 Å². The van der Waals surface area contributed by atoms with Crippen LogP contribution in [0.2, 0.25) is 0 Å². The normalized spacial score (nSPS) is 19.4. The molecule has 0 amide bonds. The first kappa shape index (κ1) is 19.0. The topological polar surface area (TPSA) is 18.5 Å². The Labute approximate surface area is 147 Å². The first-order valence-corrected chi connectivity index (χ1v) is 10.2. The van der Waals surface area contributed by atoms with Gasteiger partial charge in [0.15, 0.2) is 0 Å². The van der Waals surface area contributed by atoms with Crippen molar-refractivity contribution in [2.75, 3.05) is 0 Å². The summed E-state index contributed by atoms with van der Waals surface area (Å²) in [6.45, 7) is 10.8. The molecular formula is C19H33BO2S. The highest BCUT2D eigenvalue weighted by Gasteiger charge is 2.52. The lowest BCUT2D eigenvalue weighted by molar-refractivity contribution is 0.00578. The minimum atomic E-state index is -0.252. The minimum absolute atomic E-state index is 0.195. The maximum Gasteiger partial charge on any atom is 0.505 e. The van der Waals surface area contributed by atoms with Crippen LogP contribution < -0.4 is 4.78 Å². The molecule has 1 aliphatic rings. The van der Waals surface area contributed by atoms with Gasteiger partial charge >= 0.3 is 7.12 Å². The number of hydrogen-bond donors (Lipinski definition) is 0. The molecule has 0 radical (unpaired) electrons. The molecule has 1 aromatic heterocycles. The zero-order valence-corrected chi connectivity index (χ0v) is 16.4. The van der Waals surface area contributed by atoms with Crippen LogP contribution in [0.4, 0.5) is 0 Å². The second-order valence-corrected chi connectivity index (χ2v) is 8.72. The number of rotatable bonds is 9. The third kappa shape index (κ3) is 4.84. The van der Waals surface area contributed by atoms with Gasteiger partial charge in [-0.1, -0.05) is 45.4 Å². The third-order valence-corrected chi connectivity index (χ3v) is 6.28. The molecule has 2 heterocycles. The van der Waals surface area contributed by atoms with Gasteiger partial charge in [-0.15, -0.1) is 0 Å². The second-order valence-electron chi connectivity index (χ2n) is 7.77. The van der Waals surface area contributed by atoms with E-state index in [2.05, 4.69) is 46.1 Å². The zero-order chi connectivity index (χ0) is 16.9. The van der Waals surface area contributed by atoms with E-state index < -0.39 is 0 Å². The average molecular weight is 336 g/mol. The molecule has 1 aromatic rings. The van der Waals surface area contributed by atoms with Gasteiger partial charge in [0.05, 0.1) is 11.2 Å². The summed E-state index contributed by atoms with van der Waals surface area (Å²) in [6.07, 6.45) is 10.6. The van der Waals surface area contributed by atoms with E-state index in [0.29, 0.717) is 0 Å². The summed E-state index contributed by atoms with van der Waals surface area (Å²) in [5.41, 5.74) is 0.915. The maximum atomic E-state index is 6.21. The molecule has 0 saturated carbocycles. The predicted molar refractivity (Wildman–Crippen MR) is 102 cm³/mol. The maximum absolute atomic E-state index is 6.21. The SMILES string of the molecule is CCCCCCCCCc1ccsc1B1OC(C)(C)C(C)(C)O1. The van der Waals surface area contributed by atoms with Crippen molar-refractivity contribution in [3.05, 3.63) is 17.0 Å². The van der Waals surface area contributed by atoms with Crippen molar-refractivity contribution in [1.29, 1.82) is 0 Å². The molecule has 2 nitrogen and oxygen atoms in total. The molecule has 0 unspecified atom stereocenters. The molecule has 2 rings (SSSR count). The van der Waals surface area contributed by atoms with E-state index in [1.54, 1.807) is 11.3 Å². The summed E-state index contributed by atoms with van der Waals surface area (Å²) in [5, 5.41) is 2.18. The molecule has 1 saturated heterocycles. The molecule has 0 aliphatic carbocycles. The summed E-state index contributed by atoms with van der Waals surface area (Å²) in [4.78, 5) is 0. The van der Waals surface area contributed by atoms with Gasteiger partial charge < -0.3 is 9.31 Å². The molecule has 1 fully saturated rings. The Kier molecular flexibility index (Phi) is 6.76. The molecular weight excluding hydrogens is 303 g/mol. The molecule has 0 spiro atoms. The molecule has 1 aliphatic heterocycles. The highest BCUT2D eigenvalue weighted by Crippen LogP contribution is 2.37. The van der Waals surface area contributed by atoms with Gasteiger partial charge in [0.25, 0.3) is 0 Å². The van der Waals surface area contributed by atoms with Gasteiger partial charge in [0, 0.05) is 4.78 Å². The molecule has 23 heavy (non-hydrogen) atoms. The Morgan fingerprint density at radius 3 is 2.09 bits per heavy atom. The molecule has 130 valence electrons. The monoisotopic (exact) mass is 336 g/mol. The molecule has 0 N–H and O–H groups in total. The summed E-state index contributed by atoms with van der Waals surface area (Å²) in [7, 11) is -0.195. The van der Waals surface area contributed by atoms with Gasteiger partial charge in [0.2, 0.25) is 0 Å². The standard InChI is InChI=1S/C19H33BO2S/c1-6-7-8-9-10-11-12-13-16-14-15-23-17(16)20-21-18(2,3)19(4,5)22-20/h14-15H,6-13H2,1-5H3. The highest BCUT2D eigenvalue weighted by molar-refractivity contribution is 7.21. The summed E-state index contributed by atoms with van der Waals surface area (Å²) >= 11 is 1.77. The fourth-order valence-electron chi connectivity index (χ4n) is 2.98. The Morgan fingerprint density at radius 1 is 0.913 bits per heavy atom. The highest BCUT2D eigenvalue weighted by atomic mass is 32.1. The number of hydrogen-bond acceptors (Lipinski definition) is 3. The van der Waals surface area contributed by atoms with Gasteiger partial charge in [-0.05, 0) is 57.5 Å². The van der Waals surface area contributed by atoms with Crippen molar-refractivity contribution in [3.63, 3.8) is 0 Å². The average Bonchev–Trinajstić information content (AvgIpc) is 3.00. The lowest BCUT2D eigenvalue weighted by Crippen LogP contribution is -2.41. The Bertz CT molecular complexity index is 465. The number of aryl methyl sites for hydroxylation is 1. The van der Waals surface area contributed by atoms with Crippen LogP contribution in [-0.4, -0.2) is 18.3 Å². The van der Waals surface area contributed by atoms with Crippen LogP contribution in [0, 0.1) is 0 Å². The van der Waals surface area contributed by atoms with E-state index in [-0.39, 0.29) is 18.3 Å². The van der Waals surface area contributed by atoms with Crippen LogP contribution in [0.5, 0.6) is 0 Å². The van der Waals surface area contributed by atoms with Gasteiger partial charge in [-0.25, -0.2) is 0 Å². The zero-order valence-electron chi connectivity index (χ0n) is 15.6. The van der Waals surface area contributed by atoms with Gasteiger partial charge in [-0.2, -0.15) is 11.3 Å². The molecule has 0 atom stereocenters. The lowest BCUT2D eigenvalue weighted by Gasteiger charge is -2.32. The van der Waals surface area contributed by atoms with Crippen LogP contribution in [-0.2, 0) is 15.7 Å². The van der Waals surface area contributed by atoms with Crippen molar-refractivity contribution >= 4 is 23.2 Å². The van der Waals surface area contributed by atoms with Crippen LogP contribution in [0.15, 0.2) is 11.4 Å². The number of thiophene rings is 1. The van der Waals surface area contributed by atoms with E-state index in [0.717, 1.165) is 6.42 Å². The van der Waals surface area contributed by atoms with Crippen molar-refractivity contribution in [3.8, 4) is 0 Å². The Hall–Kier alpha value is -0.315. The molecule has 0 aromatic carbocycles. The third-order valence-electron chi connectivity index (χ3n) is 5.30. The summed E-state index contributed by atoms with van der Waals surface area (Å²) in [6, 6.07) is 2.25. The largest absolute Gasteiger partial charge is 0.505 e. The minimum Gasteiger partial charge on any atom is -0.399 e. The van der Waals surface area contributed by atoms with Gasteiger partial charge in [0.1, 0.15) is 0 Å². The second kappa shape index (κ2) is 8.18. The Balaban J connectivity index is 1.82. The van der Waals surface area contributed by atoms with E-state index in [9.17, 15) is 0 Å². The van der Waals surface area contributed by atoms with Gasteiger partial charge in [-0.3, -0.25) is 0 Å². The van der Waals surface area contributed by atoms with Crippen molar-refractivity contribution in [1.82, 2.24) is 0 Å². The lowest BCUT2D eigenvalue weighted by atomic mass is 9.83. The fraction of sp³-hybridized carbons (Fsp3) is 0.789. The summed E-state index contributed by atoms with van der Waals surface area (Å²) in [5.74, 6) is 0. The van der Waals surface area contributed by atoms with Crippen LogP contribution in [0.1, 0.15) is 85.1 Å². The van der Waals surface area contributed by atoms with Crippen LogP contribution >= 0.6 is 11.3 Å². The van der Waals surface area contributed by atoms with Crippen molar-refractivity contribution in [2.45, 2.75) is 97.2 Å².